The van der Waals surface area contributed by atoms with E-state index in [0.29, 0.717) is 6.42 Å². The molecule has 0 aromatic heterocycles. The van der Waals surface area contributed by atoms with Crippen molar-refractivity contribution < 1.29 is 0 Å². The van der Waals surface area contributed by atoms with Crippen LogP contribution in [0.4, 0.5) is 0 Å². The second-order valence-electron chi connectivity index (χ2n) is 3.46. The van der Waals surface area contributed by atoms with Crippen LogP contribution in [0.5, 0.6) is 0 Å². The fraction of sp³-hybridized carbons (Fsp3) is 0.417. The second-order valence-corrected chi connectivity index (χ2v) is 3.46. The fourth-order valence-electron chi connectivity index (χ4n) is 1.76. The lowest BCUT2D eigenvalue weighted by Gasteiger charge is -2.15. The van der Waals surface area contributed by atoms with Gasteiger partial charge in [0, 0.05) is 6.04 Å². The zero-order chi connectivity index (χ0) is 10.6. The summed E-state index contributed by atoms with van der Waals surface area (Å²) < 4.78 is 0. The summed E-state index contributed by atoms with van der Waals surface area (Å²) in [5.74, 6) is 0. The topological polar surface area (TPSA) is 49.8 Å². The Morgan fingerprint density at radius 1 is 1.50 bits per heavy atom. The fourth-order valence-corrected chi connectivity index (χ4v) is 1.76. The van der Waals surface area contributed by atoms with Crippen LogP contribution in [0, 0.1) is 18.3 Å². The highest BCUT2D eigenvalue weighted by molar-refractivity contribution is 5.36. The van der Waals surface area contributed by atoms with Gasteiger partial charge in [0.1, 0.15) is 0 Å². The Morgan fingerprint density at radius 3 is 2.79 bits per heavy atom. The van der Waals surface area contributed by atoms with Gasteiger partial charge in [-0.25, -0.2) is 0 Å². The van der Waals surface area contributed by atoms with Gasteiger partial charge < -0.3 is 5.73 Å². The van der Waals surface area contributed by atoms with E-state index in [1.54, 1.807) is 0 Å². The molecule has 0 saturated heterocycles. The van der Waals surface area contributed by atoms with Gasteiger partial charge in [-0.05, 0) is 30.0 Å². The van der Waals surface area contributed by atoms with Gasteiger partial charge in [-0.1, -0.05) is 25.1 Å². The molecule has 1 atom stereocenters. The molecule has 2 heteroatoms. The normalized spacial score (nSPS) is 12.1. The molecule has 14 heavy (non-hydrogen) atoms. The molecule has 0 heterocycles. The van der Waals surface area contributed by atoms with Gasteiger partial charge >= 0.3 is 0 Å². The van der Waals surface area contributed by atoms with Crippen molar-refractivity contribution in [2.45, 2.75) is 32.7 Å². The lowest BCUT2D eigenvalue weighted by Crippen LogP contribution is -2.12. The maximum atomic E-state index is 8.60. The molecule has 0 aliphatic rings. The van der Waals surface area contributed by atoms with E-state index in [1.807, 2.05) is 12.1 Å². The van der Waals surface area contributed by atoms with Crippen LogP contribution in [0.25, 0.3) is 0 Å². The first-order chi connectivity index (χ1) is 6.70. The van der Waals surface area contributed by atoms with Crippen LogP contribution in [0.3, 0.4) is 0 Å². The zero-order valence-electron chi connectivity index (χ0n) is 8.75. The van der Waals surface area contributed by atoms with Crippen molar-refractivity contribution in [2.75, 3.05) is 0 Å². The van der Waals surface area contributed by atoms with E-state index in [9.17, 15) is 0 Å². The zero-order valence-corrected chi connectivity index (χ0v) is 8.75. The lowest BCUT2D eigenvalue weighted by atomic mass is 9.94. The summed E-state index contributed by atoms with van der Waals surface area (Å²) in [5.41, 5.74) is 9.60. The summed E-state index contributed by atoms with van der Waals surface area (Å²) in [6.07, 6.45) is 1.36. The Kier molecular flexibility index (Phi) is 3.67. The summed E-state index contributed by atoms with van der Waals surface area (Å²) in [4.78, 5) is 0. The molecule has 0 bridgehead atoms. The Balaban J connectivity index is 3.08. The summed E-state index contributed by atoms with van der Waals surface area (Å²) in [6, 6.07) is 8.08. The molecular formula is C12H16N2. The summed E-state index contributed by atoms with van der Waals surface area (Å²) in [7, 11) is 0. The Hall–Kier alpha value is -1.33. The number of aryl methyl sites for hydroxylation is 1. The van der Waals surface area contributed by atoms with Crippen LogP contribution in [-0.4, -0.2) is 0 Å². The van der Waals surface area contributed by atoms with E-state index in [2.05, 4.69) is 26.0 Å². The maximum Gasteiger partial charge on any atom is 0.0641 e. The van der Waals surface area contributed by atoms with Crippen LogP contribution in [-0.2, 0) is 6.42 Å². The number of nitrogens with two attached hydrogens (primary N) is 1. The number of nitrogens with zero attached hydrogens (tertiary/aromatic N) is 1. The highest BCUT2D eigenvalue weighted by atomic mass is 14.6. The molecule has 0 aliphatic carbocycles. The van der Waals surface area contributed by atoms with Gasteiger partial charge in [0.2, 0.25) is 0 Å². The molecular weight excluding hydrogens is 172 g/mol. The quantitative estimate of drug-likeness (QED) is 0.792. The average Bonchev–Trinajstić information content (AvgIpc) is 2.17. The van der Waals surface area contributed by atoms with Crippen molar-refractivity contribution in [2.24, 2.45) is 5.73 Å². The highest BCUT2D eigenvalue weighted by Gasteiger charge is 2.10. The first-order valence-electron chi connectivity index (χ1n) is 4.91. The molecule has 1 aromatic carbocycles. The third kappa shape index (κ3) is 2.12. The van der Waals surface area contributed by atoms with E-state index in [1.165, 1.54) is 11.1 Å². The first-order valence-corrected chi connectivity index (χ1v) is 4.91. The number of rotatable bonds is 3. The third-order valence-electron chi connectivity index (χ3n) is 2.51. The molecule has 0 unspecified atom stereocenters. The van der Waals surface area contributed by atoms with Crippen molar-refractivity contribution in [3.05, 3.63) is 34.9 Å². The Labute approximate surface area is 85.4 Å². The minimum absolute atomic E-state index is 0.144. The van der Waals surface area contributed by atoms with Crippen molar-refractivity contribution in [3.63, 3.8) is 0 Å². The van der Waals surface area contributed by atoms with Gasteiger partial charge in [0.15, 0.2) is 0 Å². The van der Waals surface area contributed by atoms with E-state index in [4.69, 9.17) is 11.0 Å². The van der Waals surface area contributed by atoms with Gasteiger partial charge in [0.05, 0.1) is 12.5 Å². The summed E-state index contributed by atoms with van der Waals surface area (Å²) in [6.45, 7) is 4.20. The molecule has 0 saturated carbocycles. The smallest absolute Gasteiger partial charge is 0.0641 e. The number of hydrogen-bond donors (Lipinski definition) is 1. The standard InChI is InChI=1S/C12H16N2/c1-3-10-9(2)5-4-6-11(10)12(14)7-8-13/h4-6,12H,3,7,14H2,1-2H3/t12-/m0/s1. The lowest BCUT2D eigenvalue weighted by molar-refractivity contribution is 0.735. The Bertz CT molecular complexity index is 350. The van der Waals surface area contributed by atoms with Crippen LogP contribution in [0.2, 0.25) is 0 Å². The molecule has 74 valence electrons. The summed E-state index contributed by atoms with van der Waals surface area (Å²) >= 11 is 0. The molecule has 1 rings (SSSR count). The predicted molar refractivity (Wildman–Crippen MR) is 57.7 cm³/mol. The van der Waals surface area contributed by atoms with Crippen LogP contribution >= 0.6 is 0 Å². The summed E-state index contributed by atoms with van der Waals surface area (Å²) in [5, 5.41) is 8.60. The minimum Gasteiger partial charge on any atom is -0.323 e. The van der Waals surface area contributed by atoms with Crippen LogP contribution in [0.1, 0.15) is 36.1 Å². The molecule has 0 fully saturated rings. The second kappa shape index (κ2) is 4.78. The van der Waals surface area contributed by atoms with Crippen LogP contribution in [0.15, 0.2) is 18.2 Å². The van der Waals surface area contributed by atoms with Crippen molar-refractivity contribution in [3.8, 4) is 6.07 Å². The van der Waals surface area contributed by atoms with E-state index in [-0.39, 0.29) is 6.04 Å². The van der Waals surface area contributed by atoms with Gasteiger partial charge in [0.25, 0.3) is 0 Å². The van der Waals surface area contributed by atoms with Crippen molar-refractivity contribution in [1.29, 1.82) is 5.26 Å². The number of hydrogen-bond acceptors (Lipinski definition) is 2. The first kappa shape index (κ1) is 10.7. The molecule has 1 aromatic rings. The van der Waals surface area contributed by atoms with Gasteiger partial charge in [-0.15, -0.1) is 0 Å². The molecule has 2 nitrogen and oxygen atoms in total. The molecule has 2 N–H and O–H groups in total. The van der Waals surface area contributed by atoms with Gasteiger partial charge in [-0.2, -0.15) is 5.26 Å². The van der Waals surface area contributed by atoms with E-state index >= 15 is 0 Å². The maximum absolute atomic E-state index is 8.60. The minimum atomic E-state index is -0.144. The number of nitriles is 1. The molecule has 0 aliphatic heterocycles. The van der Waals surface area contributed by atoms with Crippen molar-refractivity contribution in [1.82, 2.24) is 0 Å². The molecule has 0 spiro atoms. The largest absolute Gasteiger partial charge is 0.323 e. The van der Waals surface area contributed by atoms with E-state index in [0.717, 1.165) is 12.0 Å². The number of benzene rings is 1. The van der Waals surface area contributed by atoms with E-state index < -0.39 is 0 Å². The van der Waals surface area contributed by atoms with Crippen LogP contribution < -0.4 is 5.73 Å². The monoisotopic (exact) mass is 188 g/mol. The third-order valence-corrected chi connectivity index (χ3v) is 2.51. The molecule has 0 radical (unpaired) electrons. The molecule has 0 amide bonds. The highest BCUT2D eigenvalue weighted by Crippen LogP contribution is 2.22. The predicted octanol–water partition coefficient (Wildman–Crippen LogP) is 2.47. The van der Waals surface area contributed by atoms with Gasteiger partial charge in [-0.3, -0.25) is 0 Å². The Morgan fingerprint density at radius 2 is 2.21 bits per heavy atom. The van der Waals surface area contributed by atoms with Crippen molar-refractivity contribution >= 4 is 0 Å². The SMILES string of the molecule is CCc1c(C)cccc1[C@@H](N)CC#N. The average molecular weight is 188 g/mol.